The van der Waals surface area contributed by atoms with Crippen LogP contribution in [0.4, 0.5) is 0 Å². The molecule has 4 rings (SSSR count). The van der Waals surface area contributed by atoms with Gasteiger partial charge in [-0.3, -0.25) is 4.79 Å². The average Bonchev–Trinajstić information content (AvgIpc) is 2.87. The number of ether oxygens (including phenoxy) is 3. The van der Waals surface area contributed by atoms with Crippen molar-refractivity contribution in [2.24, 2.45) is 0 Å². The lowest BCUT2D eigenvalue weighted by atomic mass is 9.92. The predicted molar refractivity (Wildman–Crippen MR) is 127 cm³/mol. The van der Waals surface area contributed by atoms with E-state index in [9.17, 15) is 9.90 Å². The van der Waals surface area contributed by atoms with Crippen LogP contribution >= 0.6 is 0 Å². The van der Waals surface area contributed by atoms with E-state index in [1.54, 1.807) is 63.8 Å². The van der Waals surface area contributed by atoms with Gasteiger partial charge in [-0.05, 0) is 52.7 Å². The predicted octanol–water partition coefficient (Wildman–Crippen LogP) is 5.09. The van der Waals surface area contributed by atoms with Crippen LogP contribution < -0.4 is 19.5 Å². The molecule has 1 atom stereocenters. The van der Waals surface area contributed by atoms with E-state index < -0.39 is 6.04 Å². The summed E-state index contributed by atoms with van der Waals surface area (Å²) in [7, 11) is 4.68. The molecule has 0 aliphatic rings. The van der Waals surface area contributed by atoms with Crippen molar-refractivity contribution >= 4 is 16.7 Å². The molecule has 4 aromatic rings. The molecule has 6 nitrogen and oxygen atoms in total. The molecule has 0 fully saturated rings. The Labute approximate surface area is 192 Å². The highest BCUT2D eigenvalue weighted by Gasteiger charge is 2.24. The third kappa shape index (κ3) is 4.41. The Bertz CT molecular complexity index is 1300. The van der Waals surface area contributed by atoms with E-state index in [1.807, 2.05) is 36.4 Å². The van der Waals surface area contributed by atoms with Gasteiger partial charge in [0.1, 0.15) is 11.5 Å². The molecule has 168 valence electrons. The number of carbonyl (C=O) groups is 1. The molecule has 1 unspecified atom stereocenters. The number of fused-ring (bicyclic) bond motifs is 1. The summed E-state index contributed by atoms with van der Waals surface area (Å²) in [5.74, 6) is 1.45. The second-order valence-corrected chi connectivity index (χ2v) is 7.47. The molecule has 6 heteroatoms. The molecule has 0 aliphatic carbocycles. The molecular formula is C27H25NO5. The zero-order valence-corrected chi connectivity index (χ0v) is 18.7. The van der Waals surface area contributed by atoms with Crippen LogP contribution in [0.3, 0.4) is 0 Å². The number of rotatable bonds is 7. The van der Waals surface area contributed by atoms with Crippen LogP contribution in [0.25, 0.3) is 10.8 Å². The Morgan fingerprint density at radius 3 is 2.36 bits per heavy atom. The molecule has 0 bridgehead atoms. The summed E-state index contributed by atoms with van der Waals surface area (Å²) >= 11 is 0. The molecule has 0 saturated heterocycles. The topological polar surface area (TPSA) is 77.0 Å². The Balaban J connectivity index is 1.87. The smallest absolute Gasteiger partial charge is 0.252 e. The SMILES string of the molecule is COc1cccc(C(=O)NC(c2ccc(OC)c(OC)c2)c2c(O)ccc3ccccc23)c1. The molecule has 1 amide bonds. The Morgan fingerprint density at radius 2 is 1.61 bits per heavy atom. The van der Waals surface area contributed by atoms with Gasteiger partial charge in [0.25, 0.3) is 5.91 Å². The van der Waals surface area contributed by atoms with E-state index in [2.05, 4.69) is 5.32 Å². The fourth-order valence-electron chi connectivity index (χ4n) is 3.92. The fraction of sp³-hybridized carbons (Fsp3) is 0.148. The number of amides is 1. The fourth-order valence-corrected chi connectivity index (χ4v) is 3.92. The first-order valence-corrected chi connectivity index (χ1v) is 10.4. The molecule has 0 aromatic heterocycles. The van der Waals surface area contributed by atoms with Gasteiger partial charge < -0.3 is 24.6 Å². The first kappa shape index (κ1) is 22.0. The number of nitrogens with one attached hydrogen (secondary N) is 1. The van der Waals surface area contributed by atoms with Crippen LogP contribution in [0.15, 0.2) is 78.9 Å². The van der Waals surface area contributed by atoms with Gasteiger partial charge in [-0.25, -0.2) is 0 Å². The van der Waals surface area contributed by atoms with Gasteiger partial charge in [0, 0.05) is 11.1 Å². The zero-order chi connectivity index (χ0) is 23.4. The summed E-state index contributed by atoms with van der Waals surface area (Å²) in [6, 6.07) is 22.9. The van der Waals surface area contributed by atoms with Crippen LogP contribution in [-0.2, 0) is 0 Å². The average molecular weight is 443 g/mol. The Kier molecular flexibility index (Phi) is 6.36. The molecule has 33 heavy (non-hydrogen) atoms. The summed E-state index contributed by atoms with van der Waals surface area (Å²) in [4.78, 5) is 13.3. The highest BCUT2D eigenvalue weighted by Crippen LogP contribution is 2.38. The molecule has 2 N–H and O–H groups in total. The number of carbonyl (C=O) groups excluding carboxylic acids is 1. The second-order valence-electron chi connectivity index (χ2n) is 7.47. The lowest BCUT2D eigenvalue weighted by Gasteiger charge is -2.23. The standard InChI is InChI=1S/C27H25NO5/c1-31-20-9-6-8-19(15-20)27(30)28-26(18-12-14-23(32-2)24(16-18)33-3)25-21-10-5-4-7-17(21)11-13-22(25)29/h4-16,26,29H,1-3H3,(H,28,30). The number of aromatic hydroxyl groups is 1. The summed E-state index contributed by atoms with van der Waals surface area (Å²) in [5.41, 5.74) is 1.77. The number of methoxy groups -OCH3 is 3. The number of hydrogen-bond acceptors (Lipinski definition) is 5. The van der Waals surface area contributed by atoms with Gasteiger partial charge in [-0.15, -0.1) is 0 Å². The van der Waals surface area contributed by atoms with E-state index in [1.165, 1.54) is 0 Å². The molecule has 0 radical (unpaired) electrons. The monoisotopic (exact) mass is 443 g/mol. The van der Waals surface area contributed by atoms with Crippen molar-refractivity contribution in [1.29, 1.82) is 0 Å². The van der Waals surface area contributed by atoms with Crippen LogP contribution in [0, 0.1) is 0 Å². The molecule has 0 aliphatic heterocycles. The number of hydrogen-bond donors (Lipinski definition) is 2. The first-order valence-electron chi connectivity index (χ1n) is 10.4. The minimum atomic E-state index is -0.658. The van der Waals surface area contributed by atoms with Crippen LogP contribution in [-0.4, -0.2) is 32.3 Å². The molecular weight excluding hydrogens is 418 g/mol. The summed E-state index contributed by atoms with van der Waals surface area (Å²) in [5, 5.41) is 15.8. The van der Waals surface area contributed by atoms with Gasteiger partial charge in [0.2, 0.25) is 0 Å². The number of phenols is 1. The Morgan fingerprint density at radius 1 is 0.818 bits per heavy atom. The maximum Gasteiger partial charge on any atom is 0.252 e. The number of benzene rings is 4. The van der Waals surface area contributed by atoms with E-state index >= 15 is 0 Å². The second kappa shape index (κ2) is 9.53. The minimum Gasteiger partial charge on any atom is -0.508 e. The molecule has 4 aromatic carbocycles. The third-order valence-corrected chi connectivity index (χ3v) is 5.58. The molecule has 0 saturated carbocycles. The van der Waals surface area contributed by atoms with Crippen LogP contribution in [0.5, 0.6) is 23.0 Å². The largest absolute Gasteiger partial charge is 0.508 e. The van der Waals surface area contributed by atoms with E-state index in [-0.39, 0.29) is 11.7 Å². The van der Waals surface area contributed by atoms with Gasteiger partial charge in [0.15, 0.2) is 11.5 Å². The third-order valence-electron chi connectivity index (χ3n) is 5.58. The van der Waals surface area contributed by atoms with Gasteiger partial charge in [0.05, 0.1) is 27.4 Å². The van der Waals surface area contributed by atoms with Crippen LogP contribution in [0.2, 0.25) is 0 Å². The van der Waals surface area contributed by atoms with E-state index in [4.69, 9.17) is 14.2 Å². The normalized spacial score (nSPS) is 11.6. The van der Waals surface area contributed by atoms with Crippen molar-refractivity contribution in [3.63, 3.8) is 0 Å². The summed E-state index contributed by atoms with van der Waals surface area (Å²) in [6.45, 7) is 0. The maximum absolute atomic E-state index is 13.3. The van der Waals surface area contributed by atoms with Gasteiger partial charge >= 0.3 is 0 Å². The minimum absolute atomic E-state index is 0.0828. The molecule has 0 heterocycles. The van der Waals surface area contributed by atoms with Crippen molar-refractivity contribution < 1.29 is 24.1 Å². The van der Waals surface area contributed by atoms with Crippen molar-refractivity contribution in [2.45, 2.75) is 6.04 Å². The van der Waals surface area contributed by atoms with Crippen molar-refractivity contribution in [3.8, 4) is 23.0 Å². The van der Waals surface area contributed by atoms with Crippen molar-refractivity contribution in [1.82, 2.24) is 5.32 Å². The first-order chi connectivity index (χ1) is 16.0. The number of phenolic OH excluding ortho intramolecular Hbond substituents is 1. The zero-order valence-electron chi connectivity index (χ0n) is 18.7. The quantitative estimate of drug-likeness (QED) is 0.416. The summed E-state index contributed by atoms with van der Waals surface area (Å²) < 4.78 is 16.1. The summed E-state index contributed by atoms with van der Waals surface area (Å²) in [6.07, 6.45) is 0. The lowest BCUT2D eigenvalue weighted by molar-refractivity contribution is 0.0942. The highest BCUT2D eigenvalue weighted by atomic mass is 16.5. The van der Waals surface area contributed by atoms with E-state index in [0.717, 1.165) is 16.3 Å². The Hall–Kier alpha value is -4.19. The van der Waals surface area contributed by atoms with Crippen molar-refractivity contribution in [3.05, 3.63) is 95.6 Å². The van der Waals surface area contributed by atoms with E-state index in [0.29, 0.717) is 28.4 Å². The molecule has 0 spiro atoms. The van der Waals surface area contributed by atoms with Gasteiger partial charge in [-0.1, -0.05) is 42.5 Å². The van der Waals surface area contributed by atoms with Gasteiger partial charge in [-0.2, -0.15) is 0 Å². The van der Waals surface area contributed by atoms with Crippen LogP contribution in [0.1, 0.15) is 27.5 Å². The lowest BCUT2D eigenvalue weighted by Crippen LogP contribution is -2.29. The maximum atomic E-state index is 13.3. The van der Waals surface area contributed by atoms with Crippen molar-refractivity contribution in [2.75, 3.05) is 21.3 Å². The highest BCUT2D eigenvalue weighted by molar-refractivity contribution is 5.96.